The molecule has 1 aromatic heterocycles. The highest BCUT2D eigenvalue weighted by atomic mass is 31.2. The Morgan fingerprint density at radius 1 is 1.07 bits per heavy atom. The summed E-state index contributed by atoms with van der Waals surface area (Å²) in [5.74, 6) is 0.376. The van der Waals surface area contributed by atoms with E-state index in [1.54, 1.807) is 45.9 Å². The number of aliphatic hydroxyl groups is 1. The second-order valence-electron chi connectivity index (χ2n) is 9.54. The first-order chi connectivity index (χ1) is 19.8. The molecule has 0 spiro atoms. The molecule has 15 heteroatoms. The molecule has 0 saturated heterocycles. The van der Waals surface area contributed by atoms with Gasteiger partial charge in [0.25, 0.3) is 5.56 Å². The van der Waals surface area contributed by atoms with Crippen molar-refractivity contribution in [2.24, 2.45) is 5.92 Å². The van der Waals surface area contributed by atoms with Crippen LogP contribution in [0.25, 0.3) is 0 Å². The molecule has 5 atom stereocenters. The predicted molar refractivity (Wildman–Crippen MR) is 150 cm³/mol. The number of aromatic amines is 1. The Morgan fingerprint density at radius 3 is 2.29 bits per heavy atom. The van der Waals surface area contributed by atoms with E-state index < -0.39 is 80.6 Å². The molecular formula is C27H36N3O11P. The van der Waals surface area contributed by atoms with Crippen molar-refractivity contribution >= 4 is 19.7 Å². The Labute approximate surface area is 242 Å². The number of H-pyrrole nitrogens is 1. The Hall–Kier alpha value is -3.73. The minimum Gasteiger partial charge on any atom is -0.462 e. The fraction of sp³-hybridized carbons (Fsp3) is 0.481. The lowest BCUT2D eigenvalue weighted by Gasteiger charge is -2.30. The Bertz CT molecular complexity index is 1380. The molecular weight excluding hydrogens is 573 g/mol. The van der Waals surface area contributed by atoms with Gasteiger partial charge in [-0.1, -0.05) is 38.0 Å². The molecule has 1 heterocycles. The van der Waals surface area contributed by atoms with E-state index in [1.165, 1.54) is 19.1 Å². The van der Waals surface area contributed by atoms with Crippen LogP contribution in [-0.4, -0.2) is 64.2 Å². The average Bonchev–Trinajstić information content (AvgIpc) is 2.92. The van der Waals surface area contributed by atoms with Gasteiger partial charge in [0.15, 0.2) is 12.3 Å². The highest BCUT2D eigenvalue weighted by molar-refractivity contribution is 7.52. The van der Waals surface area contributed by atoms with Gasteiger partial charge < -0.3 is 23.8 Å². The molecule has 14 nitrogen and oxygen atoms in total. The second-order valence-corrected chi connectivity index (χ2v) is 11.2. The minimum absolute atomic E-state index is 0.128. The van der Waals surface area contributed by atoms with Gasteiger partial charge in [0.05, 0.1) is 25.2 Å². The number of aliphatic hydroxyl groups excluding tert-OH is 1. The first-order valence-electron chi connectivity index (χ1n) is 13.0. The summed E-state index contributed by atoms with van der Waals surface area (Å²) in [4.78, 5) is 50.7. The summed E-state index contributed by atoms with van der Waals surface area (Å²) >= 11 is 0. The highest BCUT2D eigenvalue weighted by Gasteiger charge is 2.37. The molecule has 3 N–H and O–H groups in total. The number of ether oxygens (including phenoxy) is 3. The first-order valence-corrected chi connectivity index (χ1v) is 14.5. The van der Waals surface area contributed by atoms with E-state index in [0.717, 1.165) is 16.8 Å². The fourth-order valence-corrected chi connectivity index (χ4v) is 4.74. The van der Waals surface area contributed by atoms with Crippen LogP contribution in [0.5, 0.6) is 5.75 Å². The molecule has 0 aliphatic rings. The number of hydrogen-bond acceptors (Lipinski definition) is 11. The number of nitrogens with one attached hydrogen (secondary N) is 2. The quantitative estimate of drug-likeness (QED) is 0.143. The van der Waals surface area contributed by atoms with Gasteiger partial charge in [-0.25, -0.2) is 9.36 Å². The van der Waals surface area contributed by atoms with Gasteiger partial charge >= 0.3 is 25.4 Å². The van der Waals surface area contributed by atoms with Crippen LogP contribution < -0.4 is 20.9 Å². The summed E-state index contributed by atoms with van der Waals surface area (Å²) in [6.07, 6.45) is 1.92. The number of rotatable bonds is 16. The molecule has 230 valence electrons. The van der Waals surface area contributed by atoms with Crippen molar-refractivity contribution in [1.82, 2.24) is 14.6 Å². The van der Waals surface area contributed by atoms with Gasteiger partial charge in [0, 0.05) is 12.3 Å². The molecule has 0 fully saturated rings. The number of nitrogens with zero attached hydrogens (tertiary/aromatic N) is 1. The standard InChI is InChI=1S/C27H36N3O11P/c1-7-21(40-25(33)17(2)3)22(39-24(15-31)30-14-13-23(32)28-27(30)35)16-37-42(36,41-20-11-9-8-10-12-20)29-19(6)26(34)38-18(4)5/h1,8-14,17-19,21-22,24,31H,15-16H2,2-6H3,(H,29,36)(H,28,32,35)/t19-,21-,22+,24+,42?/m0/s1. The van der Waals surface area contributed by atoms with E-state index in [-0.39, 0.29) is 5.75 Å². The second kappa shape index (κ2) is 16.1. The SMILES string of the molecule is C#C[C@H](OC(=O)C(C)C)[C@@H](COP(=O)(N[C@@H](C)C(=O)OC(C)C)Oc1ccccc1)O[C@H](CO)n1ccc(=O)[nH]c1=O. The molecule has 0 aliphatic heterocycles. The third-order valence-electron chi connectivity index (χ3n) is 5.30. The monoisotopic (exact) mass is 609 g/mol. The van der Waals surface area contributed by atoms with Gasteiger partial charge in [-0.3, -0.25) is 28.5 Å². The molecule has 0 amide bonds. The summed E-state index contributed by atoms with van der Waals surface area (Å²) in [6.45, 7) is 6.36. The minimum atomic E-state index is -4.41. The van der Waals surface area contributed by atoms with E-state index in [4.69, 9.17) is 29.7 Å². The number of carbonyl (C=O) groups is 2. The highest BCUT2D eigenvalue weighted by Crippen LogP contribution is 2.45. The maximum Gasteiger partial charge on any atom is 0.459 e. The molecule has 2 rings (SSSR count). The molecule has 0 aliphatic carbocycles. The van der Waals surface area contributed by atoms with Crippen LogP contribution in [0.3, 0.4) is 0 Å². The van der Waals surface area contributed by atoms with Crippen molar-refractivity contribution in [3.63, 3.8) is 0 Å². The van der Waals surface area contributed by atoms with Gasteiger partial charge in [0.2, 0.25) is 0 Å². The van der Waals surface area contributed by atoms with Crippen molar-refractivity contribution < 1.29 is 42.5 Å². The fourth-order valence-electron chi connectivity index (χ4n) is 3.23. The van der Waals surface area contributed by atoms with Crippen LogP contribution in [0.15, 0.2) is 52.2 Å². The van der Waals surface area contributed by atoms with Crippen LogP contribution in [0, 0.1) is 18.3 Å². The number of benzene rings is 1. The lowest BCUT2D eigenvalue weighted by molar-refractivity contribution is -0.168. The molecule has 0 saturated carbocycles. The maximum absolute atomic E-state index is 13.9. The molecule has 0 bridgehead atoms. The number of hydrogen-bond donors (Lipinski definition) is 3. The summed E-state index contributed by atoms with van der Waals surface area (Å²) in [5.41, 5.74) is -1.59. The predicted octanol–water partition coefficient (Wildman–Crippen LogP) is 1.75. The van der Waals surface area contributed by atoms with E-state index in [2.05, 4.69) is 11.0 Å². The topological polar surface area (TPSA) is 184 Å². The largest absolute Gasteiger partial charge is 0.462 e. The third-order valence-corrected chi connectivity index (χ3v) is 6.94. The van der Waals surface area contributed by atoms with Crippen LogP contribution in [-0.2, 0) is 32.9 Å². The number of para-hydroxylation sites is 1. The first kappa shape index (κ1) is 34.5. The average molecular weight is 610 g/mol. The third kappa shape index (κ3) is 10.6. The van der Waals surface area contributed by atoms with E-state index >= 15 is 0 Å². The van der Waals surface area contributed by atoms with Crippen LogP contribution in [0.2, 0.25) is 0 Å². The number of terminal acetylenes is 1. The summed E-state index contributed by atoms with van der Waals surface area (Å²) in [7, 11) is -4.41. The zero-order valence-electron chi connectivity index (χ0n) is 23.9. The van der Waals surface area contributed by atoms with Gasteiger partial charge in [-0.05, 0) is 32.9 Å². The molecule has 2 aromatic rings. The smallest absolute Gasteiger partial charge is 0.459 e. The van der Waals surface area contributed by atoms with Gasteiger partial charge in [-0.2, -0.15) is 5.09 Å². The Morgan fingerprint density at radius 2 is 1.74 bits per heavy atom. The van der Waals surface area contributed by atoms with Crippen molar-refractivity contribution in [2.75, 3.05) is 13.2 Å². The number of esters is 2. The van der Waals surface area contributed by atoms with E-state index in [1.807, 2.05) is 4.98 Å². The molecule has 1 unspecified atom stereocenters. The molecule has 42 heavy (non-hydrogen) atoms. The van der Waals surface area contributed by atoms with Gasteiger partial charge in [0.1, 0.15) is 17.9 Å². The van der Waals surface area contributed by atoms with Crippen molar-refractivity contribution in [3.05, 3.63) is 63.4 Å². The summed E-state index contributed by atoms with van der Waals surface area (Å²) in [6, 6.07) is 7.81. The van der Waals surface area contributed by atoms with Crippen LogP contribution in [0.1, 0.15) is 40.8 Å². The van der Waals surface area contributed by atoms with E-state index in [9.17, 15) is 28.8 Å². The van der Waals surface area contributed by atoms with Crippen molar-refractivity contribution in [2.45, 2.75) is 65.2 Å². The van der Waals surface area contributed by atoms with Gasteiger partial charge in [-0.15, -0.1) is 6.42 Å². The zero-order valence-corrected chi connectivity index (χ0v) is 24.8. The lowest BCUT2D eigenvalue weighted by atomic mass is 10.2. The van der Waals surface area contributed by atoms with Crippen LogP contribution >= 0.6 is 7.75 Å². The lowest BCUT2D eigenvalue weighted by Crippen LogP contribution is -2.43. The van der Waals surface area contributed by atoms with Crippen LogP contribution in [0.4, 0.5) is 0 Å². The normalized spacial score (nSPS) is 15.6. The summed E-state index contributed by atoms with van der Waals surface area (Å²) in [5, 5.41) is 12.5. The van der Waals surface area contributed by atoms with Crippen molar-refractivity contribution in [1.29, 1.82) is 0 Å². The van der Waals surface area contributed by atoms with Crippen molar-refractivity contribution in [3.8, 4) is 18.1 Å². The number of aromatic nitrogens is 2. The maximum atomic E-state index is 13.9. The summed E-state index contributed by atoms with van der Waals surface area (Å²) < 4.78 is 42.4. The Kier molecular flexibility index (Phi) is 13.2. The van der Waals surface area contributed by atoms with E-state index in [0.29, 0.717) is 0 Å². The Balaban J connectivity index is 2.43. The molecule has 0 radical (unpaired) electrons. The zero-order chi connectivity index (χ0) is 31.4. The molecule has 1 aromatic carbocycles. The number of carbonyl (C=O) groups excluding carboxylic acids is 2.